The summed E-state index contributed by atoms with van der Waals surface area (Å²) in [4.78, 5) is 4.36. The van der Waals surface area contributed by atoms with E-state index in [0.717, 1.165) is 29.1 Å². The Balaban J connectivity index is 1.90. The Hall–Kier alpha value is -2.70. The minimum Gasteiger partial charge on any atom is -0.406 e. The second-order valence-electron chi connectivity index (χ2n) is 6.10. The highest BCUT2D eigenvalue weighted by Gasteiger charge is 2.31. The van der Waals surface area contributed by atoms with E-state index >= 15 is 0 Å². The average molecular weight is 349 g/mol. The third-order valence-electron chi connectivity index (χ3n) is 3.64. The van der Waals surface area contributed by atoms with Crippen molar-refractivity contribution in [2.75, 3.05) is 11.9 Å². The number of nitrogens with one attached hydrogen (secondary N) is 1. The second kappa shape index (κ2) is 6.66. The fourth-order valence-corrected chi connectivity index (χ4v) is 2.54. The summed E-state index contributed by atoms with van der Waals surface area (Å²) in [7, 11) is 0. The van der Waals surface area contributed by atoms with Crippen LogP contribution in [0, 0.1) is 5.92 Å². The van der Waals surface area contributed by atoms with Gasteiger partial charge in [0.25, 0.3) is 0 Å². The number of ether oxygens (including phenoxy) is 1. The fraction of sp³-hybridized carbons (Fsp3) is 0.278. The zero-order valence-electron chi connectivity index (χ0n) is 13.8. The molecule has 0 bridgehead atoms. The number of rotatable bonds is 5. The lowest BCUT2D eigenvalue weighted by atomic mass is 10.1. The number of hydrogen-bond acceptors (Lipinski definition) is 3. The highest BCUT2D eigenvalue weighted by atomic mass is 19.4. The number of halogens is 3. The van der Waals surface area contributed by atoms with Crippen molar-refractivity contribution < 1.29 is 17.9 Å². The normalized spacial score (nSPS) is 11.9. The van der Waals surface area contributed by atoms with Gasteiger partial charge in [0.1, 0.15) is 11.6 Å². The third-order valence-corrected chi connectivity index (χ3v) is 3.64. The summed E-state index contributed by atoms with van der Waals surface area (Å²) in [5, 5.41) is 3.31. The van der Waals surface area contributed by atoms with Gasteiger partial charge in [0, 0.05) is 18.9 Å². The first kappa shape index (κ1) is 17.1. The van der Waals surface area contributed by atoms with Crippen LogP contribution >= 0.6 is 0 Å². The third kappa shape index (κ3) is 4.04. The van der Waals surface area contributed by atoms with Crippen LogP contribution in [-0.2, 0) is 0 Å². The van der Waals surface area contributed by atoms with Crippen LogP contribution in [0.2, 0.25) is 0 Å². The van der Waals surface area contributed by atoms with Crippen LogP contribution in [0.3, 0.4) is 0 Å². The molecule has 3 rings (SSSR count). The minimum absolute atomic E-state index is 0.238. The quantitative estimate of drug-likeness (QED) is 0.707. The Morgan fingerprint density at radius 3 is 2.48 bits per heavy atom. The van der Waals surface area contributed by atoms with Crippen molar-refractivity contribution in [3.05, 3.63) is 48.8 Å². The van der Waals surface area contributed by atoms with Gasteiger partial charge < -0.3 is 14.5 Å². The molecule has 0 unspecified atom stereocenters. The molecule has 0 spiro atoms. The molecule has 0 aliphatic carbocycles. The van der Waals surface area contributed by atoms with E-state index in [4.69, 9.17) is 0 Å². The molecule has 1 N–H and O–H groups in total. The van der Waals surface area contributed by atoms with E-state index in [1.807, 2.05) is 22.7 Å². The van der Waals surface area contributed by atoms with E-state index in [1.165, 1.54) is 12.1 Å². The molecule has 0 atom stereocenters. The predicted octanol–water partition coefficient (Wildman–Crippen LogP) is 4.97. The maximum Gasteiger partial charge on any atom is 0.573 e. The van der Waals surface area contributed by atoms with Crippen LogP contribution in [0.4, 0.5) is 19.0 Å². The van der Waals surface area contributed by atoms with E-state index in [1.54, 1.807) is 18.3 Å². The molecule has 0 saturated carbocycles. The van der Waals surface area contributed by atoms with Gasteiger partial charge in [-0.05, 0) is 47.9 Å². The maximum absolute atomic E-state index is 12.3. The first-order valence-corrected chi connectivity index (χ1v) is 7.89. The van der Waals surface area contributed by atoms with Crippen molar-refractivity contribution in [2.24, 2.45) is 5.92 Å². The minimum atomic E-state index is -4.69. The van der Waals surface area contributed by atoms with Crippen molar-refractivity contribution in [3.63, 3.8) is 0 Å². The lowest BCUT2D eigenvalue weighted by Crippen LogP contribution is -2.16. The van der Waals surface area contributed by atoms with E-state index in [9.17, 15) is 13.2 Å². The summed E-state index contributed by atoms with van der Waals surface area (Å²) in [6.45, 7) is 5.03. The SMILES string of the molecule is CC(C)CNc1nccn2c(-c3ccc(OC(F)(F)F)cc3)ccc12. The summed E-state index contributed by atoms with van der Waals surface area (Å²) in [6, 6.07) is 9.67. The van der Waals surface area contributed by atoms with Crippen LogP contribution in [-0.4, -0.2) is 22.3 Å². The molecule has 132 valence electrons. The molecule has 2 aromatic heterocycles. The highest BCUT2D eigenvalue weighted by Crippen LogP contribution is 2.29. The van der Waals surface area contributed by atoms with Gasteiger partial charge in [-0.2, -0.15) is 0 Å². The predicted molar refractivity (Wildman–Crippen MR) is 90.6 cm³/mol. The first-order chi connectivity index (χ1) is 11.8. The monoisotopic (exact) mass is 349 g/mol. The molecule has 2 heterocycles. The smallest absolute Gasteiger partial charge is 0.406 e. The number of alkyl halides is 3. The molecule has 0 saturated heterocycles. The molecule has 1 aromatic carbocycles. The topological polar surface area (TPSA) is 38.6 Å². The zero-order valence-corrected chi connectivity index (χ0v) is 13.8. The molecule has 7 heteroatoms. The molecule has 0 radical (unpaired) electrons. The van der Waals surface area contributed by atoms with Gasteiger partial charge in [0.2, 0.25) is 0 Å². The van der Waals surface area contributed by atoms with Gasteiger partial charge in [-0.3, -0.25) is 0 Å². The van der Waals surface area contributed by atoms with Crippen LogP contribution < -0.4 is 10.1 Å². The van der Waals surface area contributed by atoms with Gasteiger partial charge in [-0.25, -0.2) is 4.98 Å². The van der Waals surface area contributed by atoms with Crippen molar-refractivity contribution in [1.29, 1.82) is 0 Å². The van der Waals surface area contributed by atoms with Crippen molar-refractivity contribution >= 4 is 11.3 Å². The number of fused-ring (bicyclic) bond motifs is 1. The lowest BCUT2D eigenvalue weighted by molar-refractivity contribution is -0.274. The number of hydrogen-bond donors (Lipinski definition) is 1. The summed E-state index contributed by atoms with van der Waals surface area (Å²) in [6.07, 6.45) is -1.17. The van der Waals surface area contributed by atoms with Crippen molar-refractivity contribution in [1.82, 2.24) is 9.38 Å². The van der Waals surface area contributed by atoms with Gasteiger partial charge >= 0.3 is 6.36 Å². The summed E-state index contributed by atoms with van der Waals surface area (Å²) < 4.78 is 42.6. The lowest BCUT2D eigenvalue weighted by Gasteiger charge is -2.11. The number of aromatic nitrogens is 2. The molecule has 0 fully saturated rings. The molecular weight excluding hydrogens is 331 g/mol. The van der Waals surface area contributed by atoms with Crippen LogP contribution in [0.1, 0.15) is 13.8 Å². The van der Waals surface area contributed by atoms with Crippen LogP contribution in [0.25, 0.3) is 16.8 Å². The maximum atomic E-state index is 12.3. The zero-order chi connectivity index (χ0) is 18.0. The largest absolute Gasteiger partial charge is 0.573 e. The van der Waals surface area contributed by atoms with Gasteiger partial charge in [0.15, 0.2) is 0 Å². The highest BCUT2D eigenvalue weighted by molar-refractivity contribution is 5.75. The summed E-state index contributed by atoms with van der Waals surface area (Å²) in [5.74, 6) is 1.02. The summed E-state index contributed by atoms with van der Waals surface area (Å²) in [5.41, 5.74) is 2.56. The molecule has 0 aliphatic rings. The number of nitrogens with zero attached hydrogens (tertiary/aromatic N) is 2. The first-order valence-electron chi connectivity index (χ1n) is 7.89. The molecule has 4 nitrogen and oxygen atoms in total. The van der Waals surface area contributed by atoms with Crippen LogP contribution in [0.15, 0.2) is 48.8 Å². The molecule has 0 amide bonds. The molecule has 25 heavy (non-hydrogen) atoms. The number of benzene rings is 1. The van der Waals surface area contributed by atoms with E-state index < -0.39 is 6.36 Å². The second-order valence-corrected chi connectivity index (χ2v) is 6.10. The van der Waals surface area contributed by atoms with E-state index in [-0.39, 0.29) is 5.75 Å². The Morgan fingerprint density at radius 1 is 1.12 bits per heavy atom. The Morgan fingerprint density at radius 2 is 1.84 bits per heavy atom. The molecule has 3 aromatic rings. The standard InChI is InChI=1S/C18H18F3N3O/c1-12(2)11-23-17-16-8-7-15(24(16)10-9-22-17)13-3-5-14(6-4-13)25-18(19,20)21/h3-10,12H,11H2,1-2H3,(H,22,23). The van der Waals surface area contributed by atoms with Gasteiger partial charge in [-0.15, -0.1) is 13.2 Å². The molecule has 0 aliphatic heterocycles. The Bertz CT molecular complexity index is 854. The van der Waals surface area contributed by atoms with E-state index in [2.05, 4.69) is 28.9 Å². The average Bonchev–Trinajstić information content (AvgIpc) is 2.96. The van der Waals surface area contributed by atoms with Crippen molar-refractivity contribution in [2.45, 2.75) is 20.2 Å². The van der Waals surface area contributed by atoms with Gasteiger partial charge in [0.05, 0.1) is 11.2 Å². The van der Waals surface area contributed by atoms with E-state index in [0.29, 0.717) is 5.92 Å². The molecular formula is C18H18F3N3O. The number of anilines is 1. The van der Waals surface area contributed by atoms with Crippen LogP contribution in [0.5, 0.6) is 5.75 Å². The Kier molecular flexibility index (Phi) is 4.57. The Labute approximate surface area is 143 Å². The fourth-order valence-electron chi connectivity index (χ4n) is 2.54. The van der Waals surface area contributed by atoms with Crippen molar-refractivity contribution in [3.8, 4) is 17.0 Å². The summed E-state index contributed by atoms with van der Waals surface area (Å²) >= 11 is 0. The van der Waals surface area contributed by atoms with Gasteiger partial charge in [-0.1, -0.05) is 13.8 Å².